The van der Waals surface area contributed by atoms with Crippen LogP contribution in [0.1, 0.15) is 18.1 Å². The highest BCUT2D eigenvalue weighted by molar-refractivity contribution is 9.10. The number of hydrogen-bond donors (Lipinski definition) is 1. The molecule has 0 amide bonds. The molecule has 98 valence electrons. The summed E-state index contributed by atoms with van der Waals surface area (Å²) >= 11 is 3.39. The Morgan fingerprint density at radius 1 is 1.32 bits per heavy atom. The van der Waals surface area contributed by atoms with Crippen molar-refractivity contribution in [3.63, 3.8) is 0 Å². The Bertz CT molecular complexity index is 586. The van der Waals surface area contributed by atoms with Crippen molar-refractivity contribution < 1.29 is 9.90 Å². The fourth-order valence-corrected chi connectivity index (χ4v) is 2.44. The molecule has 2 rings (SSSR count). The van der Waals surface area contributed by atoms with Gasteiger partial charge in [-0.05, 0) is 48.7 Å². The van der Waals surface area contributed by atoms with E-state index in [1.165, 1.54) is 0 Å². The van der Waals surface area contributed by atoms with Crippen molar-refractivity contribution in [2.45, 2.75) is 18.8 Å². The van der Waals surface area contributed by atoms with Gasteiger partial charge in [-0.25, -0.2) is 0 Å². The summed E-state index contributed by atoms with van der Waals surface area (Å²) in [6.45, 7) is 1.75. The van der Waals surface area contributed by atoms with Crippen LogP contribution in [-0.2, 0) is 16.6 Å². The largest absolute Gasteiger partial charge is 0.481 e. The first kappa shape index (κ1) is 13.7. The lowest BCUT2D eigenvalue weighted by molar-refractivity contribution is -0.143. The highest BCUT2D eigenvalue weighted by atomic mass is 79.9. The topological polar surface area (TPSA) is 50.2 Å². The quantitative estimate of drug-likeness (QED) is 0.939. The molecule has 3 nitrogen and oxygen atoms in total. The number of aromatic nitrogens is 1. The Morgan fingerprint density at radius 2 is 2.00 bits per heavy atom. The van der Waals surface area contributed by atoms with E-state index < -0.39 is 11.4 Å². The van der Waals surface area contributed by atoms with Gasteiger partial charge in [-0.3, -0.25) is 9.78 Å². The third kappa shape index (κ3) is 3.01. The van der Waals surface area contributed by atoms with Crippen molar-refractivity contribution >= 4 is 21.9 Å². The minimum atomic E-state index is -0.953. The predicted molar refractivity (Wildman–Crippen MR) is 77.1 cm³/mol. The van der Waals surface area contributed by atoms with Gasteiger partial charge in [0.2, 0.25) is 0 Å². The molecule has 0 bridgehead atoms. The maximum absolute atomic E-state index is 11.7. The second kappa shape index (κ2) is 5.53. The summed E-state index contributed by atoms with van der Waals surface area (Å²) in [5.74, 6) is -0.831. The Labute approximate surface area is 120 Å². The molecule has 1 aromatic carbocycles. The summed E-state index contributed by atoms with van der Waals surface area (Å²) in [5, 5.41) is 9.61. The highest BCUT2D eigenvalue weighted by Crippen LogP contribution is 2.30. The van der Waals surface area contributed by atoms with Crippen LogP contribution in [0.15, 0.2) is 53.3 Å². The standard InChI is InChI=1S/C15H14BrNO2/c1-15(14(18)19,10-11-5-7-17-8-6-11)12-3-2-4-13(16)9-12/h2-9H,10H2,1H3,(H,18,19). The summed E-state index contributed by atoms with van der Waals surface area (Å²) in [6.07, 6.45) is 3.79. The number of halogens is 1. The lowest BCUT2D eigenvalue weighted by atomic mass is 9.77. The predicted octanol–water partition coefficient (Wildman–Crippen LogP) is 3.43. The average Bonchev–Trinajstić information content (AvgIpc) is 2.39. The maximum Gasteiger partial charge on any atom is 0.314 e. The molecular formula is C15H14BrNO2. The number of nitrogens with zero attached hydrogens (tertiary/aromatic N) is 1. The molecular weight excluding hydrogens is 306 g/mol. The molecule has 0 radical (unpaired) electrons. The highest BCUT2D eigenvalue weighted by Gasteiger charge is 2.35. The van der Waals surface area contributed by atoms with Crippen LogP contribution < -0.4 is 0 Å². The van der Waals surface area contributed by atoms with Gasteiger partial charge < -0.3 is 5.11 Å². The van der Waals surface area contributed by atoms with E-state index in [1.54, 1.807) is 19.3 Å². The molecule has 1 aromatic heterocycles. The van der Waals surface area contributed by atoms with E-state index >= 15 is 0 Å². The van der Waals surface area contributed by atoms with Gasteiger partial charge in [0.25, 0.3) is 0 Å². The van der Waals surface area contributed by atoms with Gasteiger partial charge in [-0.2, -0.15) is 0 Å². The molecule has 4 heteroatoms. The van der Waals surface area contributed by atoms with Crippen molar-refractivity contribution in [1.29, 1.82) is 0 Å². The molecule has 1 atom stereocenters. The van der Waals surface area contributed by atoms with Gasteiger partial charge in [-0.1, -0.05) is 28.1 Å². The first-order valence-corrected chi connectivity index (χ1v) is 6.70. The first-order valence-electron chi connectivity index (χ1n) is 5.91. The minimum absolute atomic E-state index is 0.432. The molecule has 0 aliphatic heterocycles. The van der Waals surface area contributed by atoms with Gasteiger partial charge in [0.05, 0.1) is 5.41 Å². The van der Waals surface area contributed by atoms with E-state index in [4.69, 9.17) is 0 Å². The molecule has 0 aliphatic carbocycles. The molecule has 19 heavy (non-hydrogen) atoms. The average molecular weight is 320 g/mol. The van der Waals surface area contributed by atoms with Crippen LogP contribution >= 0.6 is 15.9 Å². The summed E-state index contributed by atoms with van der Waals surface area (Å²) in [4.78, 5) is 15.7. The van der Waals surface area contributed by atoms with Crippen LogP contribution in [0.4, 0.5) is 0 Å². The fourth-order valence-electron chi connectivity index (χ4n) is 2.04. The van der Waals surface area contributed by atoms with E-state index in [2.05, 4.69) is 20.9 Å². The van der Waals surface area contributed by atoms with Gasteiger partial charge >= 0.3 is 5.97 Å². The van der Waals surface area contributed by atoms with E-state index in [-0.39, 0.29) is 0 Å². The summed E-state index contributed by atoms with van der Waals surface area (Å²) in [7, 11) is 0. The zero-order chi connectivity index (χ0) is 13.9. The van der Waals surface area contributed by atoms with Crippen molar-refractivity contribution in [3.8, 4) is 0 Å². The van der Waals surface area contributed by atoms with Crippen LogP contribution in [-0.4, -0.2) is 16.1 Å². The summed E-state index contributed by atoms with van der Waals surface area (Å²) in [5.41, 5.74) is 0.788. The Morgan fingerprint density at radius 3 is 2.58 bits per heavy atom. The molecule has 0 saturated carbocycles. The van der Waals surface area contributed by atoms with Crippen molar-refractivity contribution in [2.24, 2.45) is 0 Å². The molecule has 1 heterocycles. The number of benzene rings is 1. The minimum Gasteiger partial charge on any atom is -0.481 e. The lowest BCUT2D eigenvalue weighted by Crippen LogP contribution is -2.34. The summed E-state index contributed by atoms with van der Waals surface area (Å²) < 4.78 is 0.882. The second-order valence-corrected chi connectivity index (χ2v) is 5.60. The van der Waals surface area contributed by atoms with E-state index in [9.17, 15) is 9.90 Å². The smallest absolute Gasteiger partial charge is 0.314 e. The SMILES string of the molecule is CC(Cc1ccncc1)(C(=O)O)c1cccc(Br)c1. The summed E-state index contributed by atoms with van der Waals surface area (Å²) in [6, 6.07) is 11.1. The Hall–Kier alpha value is -1.68. The van der Waals surface area contributed by atoms with Crippen LogP contribution in [0.5, 0.6) is 0 Å². The van der Waals surface area contributed by atoms with E-state index in [0.717, 1.165) is 15.6 Å². The maximum atomic E-state index is 11.7. The van der Waals surface area contributed by atoms with Crippen LogP contribution in [0.25, 0.3) is 0 Å². The van der Waals surface area contributed by atoms with Crippen LogP contribution in [0.3, 0.4) is 0 Å². The van der Waals surface area contributed by atoms with Crippen LogP contribution in [0, 0.1) is 0 Å². The molecule has 0 saturated heterocycles. The lowest BCUT2D eigenvalue weighted by Gasteiger charge is -2.25. The normalized spacial score (nSPS) is 13.8. The number of pyridine rings is 1. The number of carboxylic acids is 1. The number of carboxylic acid groups (broad SMARTS) is 1. The number of carbonyl (C=O) groups is 1. The van der Waals surface area contributed by atoms with Gasteiger partial charge in [-0.15, -0.1) is 0 Å². The first-order chi connectivity index (χ1) is 9.02. The van der Waals surface area contributed by atoms with Crippen molar-refractivity contribution in [3.05, 3.63) is 64.4 Å². The number of rotatable bonds is 4. The molecule has 0 spiro atoms. The Kier molecular flexibility index (Phi) is 4.00. The van der Waals surface area contributed by atoms with Gasteiger partial charge in [0, 0.05) is 16.9 Å². The zero-order valence-electron chi connectivity index (χ0n) is 10.5. The molecule has 0 fully saturated rings. The molecule has 2 aromatic rings. The number of aliphatic carboxylic acids is 1. The molecule has 0 aliphatic rings. The van der Waals surface area contributed by atoms with Gasteiger partial charge in [0.15, 0.2) is 0 Å². The third-order valence-corrected chi connectivity index (χ3v) is 3.73. The number of hydrogen-bond acceptors (Lipinski definition) is 2. The monoisotopic (exact) mass is 319 g/mol. The van der Waals surface area contributed by atoms with Crippen LogP contribution in [0.2, 0.25) is 0 Å². The van der Waals surface area contributed by atoms with E-state index in [1.807, 2.05) is 36.4 Å². The second-order valence-electron chi connectivity index (χ2n) is 4.68. The Balaban J connectivity index is 2.41. The zero-order valence-corrected chi connectivity index (χ0v) is 12.1. The third-order valence-electron chi connectivity index (χ3n) is 3.24. The fraction of sp³-hybridized carbons (Fsp3) is 0.200. The van der Waals surface area contributed by atoms with Crippen molar-refractivity contribution in [2.75, 3.05) is 0 Å². The van der Waals surface area contributed by atoms with Gasteiger partial charge in [0.1, 0.15) is 0 Å². The molecule has 1 unspecified atom stereocenters. The van der Waals surface area contributed by atoms with Crippen molar-refractivity contribution in [1.82, 2.24) is 4.98 Å². The molecule has 1 N–H and O–H groups in total. The van der Waals surface area contributed by atoms with E-state index in [0.29, 0.717) is 6.42 Å².